The molecule has 1 saturated carbocycles. The zero-order valence-electron chi connectivity index (χ0n) is 10.6. The van der Waals surface area contributed by atoms with Crippen LogP contribution in [0.4, 0.5) is 5.82 Å². The lowest BCUT2D eigenvalue weighted by molar-refractivity contribution is -0.129. The molecule has 0 N–H and O–H groups in total. The van der Waals surface area contributed by atoms with Gasteiger partial charge >= 0.3 is 0 Å². The van der Waals surface area contributed by atoms with Crippen LogP contribution in [0.25, 0.3) is 0 Å². The zero-order chi connectivity index (χ0) is 12.5. The van der Waals surface area contributed by atoms with Gasteiger partial charge in [0.1, 0.15) is 0 Å². The summed E-state index contributed by atoms with van der Waals surface area (Å²) in [7, 11) is 1.78. The molecular weight excluding hydrogens is 228 g/mol. The van der Waals surface area contributed by atoms with Crippen molar-refractivity contribution >= 4 is 11.7 Å². The summed E-state index contributed by atoms with van der Waals surface area (Å²) in [5.74, 6) is 1.78. The summed E-state index contributed by atoms with van der Waals surface area (Å²) < 4.78 is 5.90. The minimum atomic E-state index is -0.313. The number of aromatic nitrogens is 1. The van der Waals surface area contributed by atoms with Gasteiger partial charge in [-0.1, -0.05) is 19.3 Å². The second-order valence-electron chi connectivity index (χ2n) is 5.16. The van der Waals surface area contributed by atoms with Gasteiger partial charge in [-0.2, -0.15) is 0 Å². The lowest BCUT2D eigenvalue weighted by atomic mass is 9.84. The van der Waals surface area contributed by atoms with E-state index in [0.717, 1.165) is 18.6 Å². The number of ether oxygens (including phenoxy) is 1. The molecule has 2 heterocycles. The topological polar surface area (TPSA) is 42.4 Å². The van der Waals surface area contributed by atoms with E-state index in [0.29, 0.717) is 11.7 Å². The molecule has 18 heavy (non-hydrogen) atoms. The maximum absolute atomic E-state index is 12.3. The number of anilines is 1. The van der Waals surface area contributed by atoms with E-state index in [1.807, 2.05) is 12.1 Å². The van der Waals surface area contributed by atoms with Crippen LogP contribution >= 0.6 is 0 Å². The number of likely N-dealkylation sites (N-methyl/N-ethyl adjacent to an activating group) is 1. The highest BCUT2D eigenvalue weighted by Crippen LogP contribution is 2.36. The molecular formula is C14H18N2O2. The molecule has 0 saturated heterocycles. The first kappa shape index (κ1) is 11.5. The molecule has 0 aromatic carbocycles. The highest BCUT2D eigenvalue weighted by Gasteiger charge is 2.38. The molecule has 1 fully saturated rings. The Morgan fingerprint density at radius 3 is 2.89 bits per heavy atom. The minimum absolute atomic E-state index is 0.0492. The Balaban J connectivity index is 1.88. The number of nitrogens with zero attached hydrogens (tertiary/aromatic N) is 2. The second kappa shape index (κ2) is 4.59. The Labute approximate surface area is 107 Å². The van der Waals surface area contributed by atoms with Crippen LogP contribution in [-0.4, -0.2) is 24.0 Å². The Bertz CT molecular complexity index is 455. The molecule has 0 radical (unpaired) electrons. The number of fused-ring (bicyclic) bond motifs is 1. The Hall–Kier alpha value is -1.58. The third kappa shape index (κ3) is 1.85. The Morgan fingerprint density at radius 2 is 2.11 bits per heavy atom. The van der Waals surface area contributed by atoms with Crippen molar-refractivity contribution in [2.75, 3.05) is 11.9 Å². The Kier molecular flexibility index (Phi) is 2.94. The van der Waals surface area contributed by atoms with Crippen LogP contribution in [0.1, 0.15) is 32.1 Å². The van der Waals surface area contributed by atoms with Crippen molar-refractivity contribution in [3.8, 4) is 5.75 Å². The molecule has 1 aromatic heterocycles. The van der Waals surface area contributed by atoms with Crippen LogP contribution in [0.2, 0.25) is 0 Å². The molecule has 4 heteroatoms. The number of carbonyl (C=O) groups excluding carboxylic acids is 1. The zero-order valence-corrected chi connectivity index (χ0v) is 10.6. The quantitative estimate of drug-likeness (QED) is 0.764. The van der Waals surface area contributed by atoms with Gasteiger partial charge in [-0.25, -0.2) is 4.98 Å². The number of hydrogen-bond donors (Lipinski definition) is 0. The number of hydrogen-bond acceptors (Lipinski definition) is 3. The summed E-state index contributed by atoms with van der Waals surface area (Å²) in [5, 5.41) is 0. The molecule has 1 atom stereocenters. The van der Waals surface area contributed by atoms with E-state index in [9.17, 15) is 4.79 Å². The van der Waals surface area contributed by atoms with Gasteiger partial charge in [-0.15, -0.1) is 0 Å². The highest BCUT2D eigenvalue weighted by atomic mass is 16.5. The standard InChI is InChI=1S/C14H18N2O2/c1-16-13-11(8-5-9-15-13)18-12(14(16)17)10-6-3-2-4-7-10/h5,8-10,12H,2-4,6-7H2,1H3. The maximum atomic E-state index is 12.3. The van der Waals surface area contributed by atoms with Crippen molar-refractivity contribution in [2.45, 2.75) is 38.2 Å². The van der Waals surface area contributed by atoms with Crippen molar-refractivity contribution in [3.63, 3.8) is 0 Å². The molecule has 96 valence electrons. The van der Waals surface area contributed by atoms with E-state index in [1.54, 1.807) is 18.1 Å². The lowest BCUT2D eigenvalue weighted by Gasteiger charge is -2.36. The normalized spacial score (nSPS) is 24.6. The minimum Gasteiger partial charge on any atom is -0.476 e. The molecule has 1 aliphatic carbocycles. The van der Waals surface area contributed by atoms with Crippen molar-refractivity contribution in [2.24, 2.45) is 5.92 Å². The average molecular weight is 246 g/mol. The van der Waals surface area contributed by atoms with Gasteiger partial charge in [0.15, 0.2) is 17.7 Å². The van der Waals surface area contributed by atoms with Crippen LogP contribution < -0.4 is 9.64 Å². The molecule has 0 bridgehead atoms. The van der Waals surface area contributed by atoms with Gasteiger partial charge in [0.05, 0.1) is 0 Å². The predicted octanol–water partition coefficient (Wildman–Crippen LogP) is 2.39. The molecule has 4 nitrogen and oxygen atoms in total. The van der Waals surface area contributed by atoms with Gasteiger partial charge in [-0.05, 0) is 25.0 Å². The van der Waals surface area contributed by atoms with Crippen LogP contribution in [0.3, 0.4) is 0 Å². The summed E-state index contributed by atoms with van der Waals surface area (Å²) >= 11 is 0. The van der Waals surface area contributed by atoms with E-state index in [1.165, 1.54) is 19.3 Å². The molecule has 1 aliphatic heterocycles. The smallest absolute Gasteiger partial charge is 0.269 e. The first-order valence-corrected chi connectivity index (χ1v) is 6.66. The SMILES string of the molecule is CN1C(=O)C(C2CCCCC2)Oc2cccnc21. The average Bonchev–Trinajstić information content (AvgIpc) is 2.44. The van der Waals surface area contributed by atoms with Crippen molar-refractivity contribution in [1.82, 2.24) is 4.98 Å². The third-order valence-corrected chi connectivity index (χ3v) is 3.97. The van der Waals surface area contributed by atoms with Crippen LogP contribution in [-0.2, 0) is 4.79 Å². The van der Waals surface area contributed by atoms with Gasteiger partial charge in [0.25, 0.3) is 5.91 Å². The van der Waals surface area contributed by atoms with Crippen molar-refractivity contribution in [3.05, 3.63) is 18.3 Å². The number of amides is 1. The number of carbonyl (C=O) groups is 1. The summed E-state index contributed by atoms with van der Waals surface area (Å²) in [4.78, 5) is 18.2. The van der Waals surface area contributed by atoms with Crippen molar-refractivity contribution in [1.29, 1.82) is 0 Å². The molecule has 1 aromatic rings. The fraction of sp³-hybridized carbons (Fsp3) is 0.571. The summed E-state index contributed by atoms with van der Waals surface area (Å²) in [6.45, 7) is 0. The van der Waals surface area contributed by atoms with Gasteiger partial charge < -0.3 is 4.74 Å². The van der Waals surface area contributed by atoms with Crippen LogP contribution in [0.5, 0.6) is 5.75 Å². The van der Waals surface area contributed by atoms with Gasteiger partial charge in [0.2, 0.25) is 0 Å². The number of rotatable bonds is 1. The maximum Gasteiger partial charge on any atom is 0.269 e. The summed E-state index contributed by atoms with van der Waals surface area (Å²) in [5.41, 5.74) is 0. The molecule has 2 aliphatic rings. The first-order chi connectivity index (χ1) is 8.77. The van der Waals surface area contributed by atoms with E-state index >= 15 is 0 Å². The second-order valence-corrected chi connectivity index (χ2v) is 5.16. The fourth-order valence-electron chi connectivity index (χ4n) is 2.94. The third-order valence-electron chi connectivity index (χ3n) is 3.97. The molecule has 0 spiro atoms. The summed E-state index contributed by atoms with van der Waals surface area (Å²) in [6.07, 6.45) is 7.27. The molecule has 1 unspecified atom stereocenters. The van der Waals surface area contributed by atoms with Crippen LogP contribution in [0, 0.1) is 5.92 Å². The van der Waals surface area contributed by atoms with Gasteiger partial charge in [0, 0.05) is 19.2 Å². The van der Waals surface area contributed by atoms with E-state index in [-0.39, 0.29) is 12.0 Å². The van der Waals surface area contributed by atoms with E-state index in [4.69, 9.17) is 4.74 Å². The van der Waals surface area contributed by atoms with Crippen LogP contribution in [0.15, 0.2) is 18.3 Å². The Morgan fingerprint density at radius 1 is 1.33 bits per heavy atom. The lowest BCUT2D eigenvalue weighted by Crippen LogP contribution is -2.48. The summed E-state index contributed by atoms with van der Waals surface area (Å²) in [6, 6.07) is 3.74. The monoisotopic (exact) mass is 246 g/mol. The van der Waals surface area contributed by atoms with E-state index in [2.05, 4.69) is 4.98 Å². The number of pyridine rings is 1. The first-order valence-electron chi connectivity index (χ1n) is 6.66. The fourth-order valence-corrected chi connectivity index (χ4v) is 2.94. The van der Waals surface area contributed by atoms with Crippen molar-refractivity contribution < 1.29 is 9.53 Å². The van der Waals surface area contributed by atoms with Gasteiger partial charge in [-0.3, -0.25) is 9.69 Å². The predicted molar refractivity (Wildman–Crippen MR) is 68.6 cm³/mol. The molecule has 3 rings (SSSR count). The molecule has 1 amide bonds. The van der Waals surface area contributed by atoms with E-state index < -0.39 is 0 Å². The highest BCUT2D eigenvalue weighted by molar-refractivity contribution is 5.98. The largest absolute Gasteiger partial charge is 0.476 e.